The number of carbonyl (C=O) groups excluding carboxylic acids is 2. The zero-order chi connectivity index (χ0) is 15.4. The molecule has 0 radical (unpaired) electrons. The van der Waals surface area contributed by atoms with Crippen molar-refractivity contribution in [3.63, 3.8) is 0 Å². The summed E-state index contributed by atoms with van der Waals surface area (Å²) in [6, 6.07) is 1.30. The molecule has 0 spiro atoms. The second kappa shape index (κ2) is 6.46. The van der Waals surface area contributed by atoms with Gasteiger partial charge < -0.3 is 20.6 Å². The lowest BCUT2D eigenvalue weighted by molar-refractivity contribution is -0.117. The molecule has 1 fully saturated rings. The molecule has 2 rings (SSSR count). The number of hydrogen-bond acceptors (Lipinski definition) is 7. The molecule has 1 aliphatic rings. The Bertz CT molecular complexity index is 606. The standard InChI is InChI=1S/C12H17N5O4/c1-2-15-12(19)10(18)11-16-7(5-9(13)17(11)20)8-6-14-3-4-21-8/h5,8,13-14,20H,2-4,6H2,1H3,(H,15,19). The minimum atomic E-state index is -1.00. The molecule has 1 atom stereocenters. The SMILES string of the molecule is CCNC(=O)C(=O)c1nc(C2CNCCO2)cc(=N)n1O. The van der Waals surface area contributed by atoms with Gasteiger partial charge in [-0.25, -0.2) is 4.98 Å². The Morgan fingerprint density at radius 3 is 3.05 bits per heavy atom. The maximum Gasteiger partial charge on any atom is 0.295 e. The highest BCUT2D eigenvalue weighted by Crippen LogP contribution is 2.15. The molecule has 1 amide bonds. The highest BCUT2D eigenvalue weighted by molar-refractivity contribution is 6.41. The van der Waals surface area contributed by atoms with Crippen LogP contribution in [0.5, 0.6) is 0 Å². The maximum absolute atomic E-state index is 11.9. The van der Waals surface area contributed by atoms with Gasteiger partial charge >= 0.3 is 0 Å². The number of nitrogens with zero attached hydrogens (tertiary/aromatic N) is 2. The van der Waals surface area contributed by atoms with Gasteiger partial charge in [-0.05, 0) is 6.92 Å². The first-order chi connectivity index (χ1) is 10.0. The van der Waals surface area contributed by atoms with E-state index in [4.69, 9.17) is 10.1 Å². The van der Waals surface area contributed by atoms with Crippen molar-refractivity contribution in [3.05, 3.63) is 23.1 Å². The molecule has 1 saturated heterocycles. The van der Waals surface area contributed by atoms with Gasteiger partial charge in [-0.3, -0.25) is 15.0 Å². The molecule has 0 bridgehead atoms. The Morgan fingerprint density at radius 1 is 1.67 bits per heavy atom. The predicted molar refractivity (Wildman–Crippen MR) is 69.8 cm³/mol. The van der Waals surface area contributed by atoms with Gasteiger partial charge in [-0.2, -0.15) is 0 Å². The Labute approximate surface area is 120 Å². The summed E-state index contributed by atoms with van der Waals surface area (Å²) < 4.78 is 5.78. The first-order valence-corrected chi connectivity index (χ1v) is 6.57. The van der Waals surface area contributed by atoms with Crippen LogP contribution < -0.4 is 16.1 Å². The normalized spacial score (nSPS) is 18.2. The molecule has 9 heteroatoms. The van der Waals surface area contributed by atoms with Gasteiger partial charge in [0, 0.05) is 25.7 Å². The van der Waals surface area contributed by atoms with Gasteiger partial charge in [0.25, 0.3) is 11.7 Å². The molecule has 114 valence electrons. The number of rotatable bonds is 4. The van der Waals surface area contributed by atoms with E-state index in [0.29, 0.717) is 25.4 Å². The Balaban J connectivity index is 2.36. The maximum atomic E-state index is 11.9. The quantitative estimate of drug-likeness (QED) is 0.306. The molecular weight excluding hydrogens is 278 g/mol. The highest BCUT2D eigenvalue weighted by Gasteiger charge is 2.25. The summed E-state index contributed by atoms with van der Waals surface area (Å²) in [6.45, 7) is 3.62. The van der Waals surface area contributed by atoms with Crippen molar-refractivity contribution < 1.29 is 19.5 Å². The minimum absolute atomic E-state index is 0.277. The van der Waals surface area contributed by atoms with E-state index in [1.807, 2.05) is 0 Å². The van der Waals surface area contributed by atoms with Crippen molar-refractivity contribution in [2.75, 3.05) is 26.2 Å². The molecule has 1 aromatic rings. The Morgan fingerprint density at radius 2 is 2.43 bits per heavy atom. The van der Waals surface area contributed by atoms with Crippen LogP contribution in [0.4, 0.5) is 0 Å². The lowest BCUT2D eigenvalue weighted by Gasteiger charge is -2.23. The molecule has 1 aliphatic heterocycles. The number of Topliss-reactive ketones (excluding diaryl/α,β-unsaturated/α-hetero) is 1. The van der Waals surface area contributed by atoms with Crippen molar-refractivity contribution in [1.82, 2.24) is 20.3 Å². The largest absolute Gasteiger partial charge is 0.425 e. The average Bonchev–Trinajstić information content (AvgIpc) is 2.50. The van der Waals surface area contributed by atoms with Gasteiger partial charge in [0.2, 0.25) is 5.82 Å². The third kappa shape index (κ3) is 3.26. The third-order valence-corrected chi connectivity index (χ3v) is 2.95. The van der Waals surface area contributed by atoms with Crippen molar-refractivity contribution in [1.29, 1.82) is 5.41 Å². The number of carbonyl (C=O) groups is 2. The Kier molecular flexibility index (Phi) is 4.66. The number of aromatic nitrogens is 2. The van der Waals surface area contributed by atoms with E-state index in [-0.39, 0.29) is 16.8 Å². The fourth-order valence-electron chi connectivity index (χ4n) is 1.93. The molecule has 4 N–H and O–H groups in total. The second-order valence-corrected chi connectivity index (χ2v) is 4.45. The second-order valence-electron chi connectivity index (χ2n) is 4.45. The predicted octanol–water partition coefficient (Wildman–Crippen LogP) is -1.42. The number of nitrogens with one attached hydrogen (secondary N) is 3. The first-order valence-electron chi connectivity index (χ1n) is 6.57. The number of morpholine rings is 1. The van der Waals surface area contributed by atoms with Crippen molar-refractivity contribution in [3.8, 4) is 0 Å². The van der Waals surface area contributed by atoms with Crippen LogP contribution in [0.1, 0.15) is 29.3 Å². The molecule has 21 heavy (non-hydrogen) atoms. The molecule has 0 aliphatic carbocycles. The van der Waals surface area contributed by atoms with E-state index in [9.17, 15) is 14.8 Å². The van der Waals surface area contributed by atoms with Gasteiger partial charge in [0.15, 0.2) is 5.49 Å². The van der Waals surface area contributed by atoms with E-state index in [2.05, 4.69) is 15.6 Å². The summed E-state index contributed by atoms with van der Waals surface area (Å²) in [5.41, 5.74) is -0.0213. The van der Waals surface area contributed by atoms with E-state index in [1.54, 1.807) is 6.92 Å². The minimum Gasteiger partial charge on any atom is -0.425 e. The highest BCUT2D eigenvalue weighted by atomic mass is 16.5. The van der Waals surface area contributed by atoms with Crippen LogP contribution in [-0.4, -0.2) is 52.9 Å². The van der Waals surface area contributed by atoms with Crippen LogP contribution >= 0.6 is 0 Å². The molecular formula is C12H17N5O4. The monoisotopic (exact) mass is 295 g/mol. The van der Waals surface area contributed by atoms with Gasteiger partial charge in [0.1, 0.15) is 6.10 Å². The van der Waals surface area contributed by atoms with Crippen molar-refractivity contribution in [2.45, 2.75) is 13.0 Å². The topological polar surface area (TPSA) is 129 Å². The Hall–Kier alpha value is -2.26. The summed E-state index contributed by atoms with van der Waals surface area (Å²) in [4.78, 5) is 27.5. The van der Waals surface area contributed by atoms with E-state index < -0.39 is 23.6 Å². The third-order valence-electron chi connectivity index (χ3n) is 2.95. The molecule has 2 heterocycles. The van der Waals surface area contributed by atoms with Gasteiger partial charge in [-0.15, -0.1) is 4.73 Å². The first kappa shape index (κ1) is 15.1. The molecule has 1 unspecified atom stereocenters. The van der Waals surface area contributed by atoms with E-state index >= 15 is 0 Å². The zero-order valence-electron chi connectivity index (χ0n) is 11.5. The smallest absolute Gasteiger partial charge is 0.295 e. The summed E-state index contributed by atoms with van der Waals surface area (Å²) in [7, 11) is 0. The van der Waals surface area contributed by atoms with Crippen molar-refractivity contribution >= 4 is 11.7 Å². The van der Waals surface area contributed by atoms with Crippen LogP contribution in [0.3, 0.4) is 0 Å². The number of ether oxygens (including phenoxy) is 1. The summed E-state index contributed by atoms with van der Waals surface area (Å²) in [6.07, 6.45) is -0.426. The summed E-state index contributed by atoms with van der Waals surface area (Å²) >= 11 is 0. The summed E-state index contributed by atoms with van der Waals surface area (Å²) in [5, 5.41) is 22.8. The number of amides is 1. The van der Waals surface area contributed by atoms with Gasteiger partial charge in [0.05, 0.1) is 12.3 Å². The lowest BCUT2D eigenvalue weighted by Crippen LogP contribution is -2.38. The lowest BCUT2D eigenvalue weighted by atomic mass is 10.2. The average molecular weight is 295 g/mol. The fourth-order valence-corrected chi connectivity index (χ4v) is 1.93. The molecule has 0 saturated carbocycles. The van der Waals surface area contributed by atoms with Crippen molar-refractivity contribution in [2.24, 2.45) is 0 Å². The number of ketones is 1. The van der Waals surface area contributed by atoms with Crippen LogP contribution in [0, 0.1) is 5.41 Å². The van der Waals surface area contributed by atoms with E-state index in [1.165, 1.54) is 6.07 Å². The fraction of sp³-hybridized carbons (Fsp3) is 0.500. The van der Waals surface area contributed by atoms with Gasteiger partial charge in [-0.1, -0.05) is 0 Å². The zero-order valence-corrected chi connectivity index (χ0v) is 11.5. The van der Waals surface area contributed by atoms with Crippen LogP contribution in [-0.2, 0) is 9.53 Å². The van der Waals surface area contributed by atoms with Crippen LogP contribution in [0.25, 0.3) is 0 Å². The van der Waals surface area contributed by atoms with E-state index in [0.717, 1.165) is 0 Å². The molecule has 1 aromatic heterocycles. The van der Waals surface area contributed by atoms with Crippen LogP contribution in [0.15, 0.2) is 6.07 Å². The number of hydrogen-bond donors (Lipinski definition) is 4. The molecule has 0 aromatic carbocycles. The van der Waals surface area contributed by atoms with Crippen LogP contribution in [0.2, 0.25) is 0 Å². The molecule has 9 nitrogen and oxygen atoms in total. The summed E-state index contributed by atoms with van der Waals surface area (Å²) in [5.74, 6) is -2.39. The number of likely N-dealkylation sites (N-methyl/N-ethyl adjacent to an activating group) is 1.